The van der Waals surface area contributed by atoms with Crippen LogP contribution in [0.15, 0.2) is 54.7 Å². The van der Waals surface area contributed by atoms with Crippen LogP contribution in [0.5, 0.6) is 11.5 Å². The standard InChI is InChI=1S/C21H19ClN2O3/c1-3-27-21-16(22)12-14(13-18(21)26-2)9-10-19(25)24-17-8-4-6-15-7-5-11-23-20(15)17/h4-13H,3H2,1-2H3,(H,24,25)/b10-9+. The van der Waals surface area contributed by atoms with Gasteiger partial charge in [0.15, 0.2) is 11.5 Å². The Balaban J connectivity index is 1.79. The zero-order valence-electron chi connectivity index (χ0n) is 15.0. The number of fused-ring (bicyclic) bond motifs is 1. The molecule has 0 bridgehead atoms. The zero-order chi connectivity index (χ0) is 19.2. The Morgan fingerprint density at radius 3 is 2.85 bits per heavy atom. The lowest BCUT2D eigenvalue weighted by Gasteiger charge is -2.12. The Morgan fingerprint density at radius 1 is 1.26 bits per heavy atom. The molecular formula is C21H19ClN2O3. The molecule has 1 heterocycles. The van der Waals surface area contributed by atoms with Gasteiger partial charge in [-0.2, -0.15) is 0 Å². The fourth-order valence-electron chi connectivity index (χ4n) is 2.67. The van der Waals surface area contributed by atoms with E-state index in [1.54, 1.807) is 31.5 Å². The highest BCUT2D eigenvalue weighted by Gasteiger charge is 2.11. The van der Waals surface area contributed by atoms with E-state index in [-0.39, 0.29) is 5.91 Å². The van der Waals surface area contributed by atoms with Gasteiger partial charge in [-0.1, -0.05) is 29.8 Å². The highest BCUT2D eigenvalue weighted by Crippen LogP contribution is 2.36. The van der Waals surface area contributed by atoms with Crippen molar-refractivity contribution in [1.82, 2.24) is 4.98 Å². The molecule has 138 valence electrons. The number of carbonyl (C=O) groups is 1. The molecule has 2 aromatic carbocycles. The number of nitrogens with one attached hydrogen (secondary N) is 1. The van der Waals surface area contributed by atoms with Crippen molar-refractivity contribution in [2.24, 2.45) is 0 Å². The van der Waals surface area contributed by atoms with Crippen molar-refractivity contribution in [2.75, 3.05) is 19.0 Å². The molecule has 1 amide bonds. The fourth-order valence-corrected chi connectivity index (χ4v) is 2.95. The van der Waals surface area contributed by atoms with Crippen molar-refractivity contribution in [1.29, 1.82) is 0 Å². The van der Waals surface area contributed by atoms with E-state index in [1.165, 1.54) is 6.08 Å². The van der Waals surface area contributed by atoms with Crippen LogP contribution in [0, 0.1) is 0 Å². The molecule has 27 heavy (non-hydrogen) atoms. The van der Waals surface area contributed by atoms with Gasteiger partial charge in [-0.15, -0.1) is 0 Å². The van der Waals surface area contributed by atoms with Gasteiger partial charge in [-0.05, 0) is 42.8 Å². The predicted octanol–water partition coefficient (Wildman–Crippen LogP) is 4.95. The van der Waals surface area contributed by atoms with Crippen LogP contribution in [0.2, 0.25) is 5.02 Å². The first-order valence-corrected chi connectivity index (χ1v) is 8.83. The minimum absolute atomic E-state index is 0.267. The molecule has 0 aliphatic carbocycles. The summed E-state index contributed by atoms with van der Waals surface area (Å²) in [5.41, 5.74) is 2.13. The summed E-state index contributed by atoms with van der Waals surface area (Å²) in [5.74, 6) is 0.741. The Morgan fingerprint density at radius 2 is 2.07 bits per heavy atom. The van der Waals surface area contributed by atoms with E-state index in [0.29, 0.717) is 28.8 Å². The largest absolute Gasteiger partial charge is 0.493 e. The lowest BCUT2D eigenvalue weighted by molar-refractivity contribution is -0.111. The molecule has 3 rings (SSSR count). The number of anilines is 1. The van der Waals surface area contributed by atoms with Crippen LogP contribution in [0.3, 0.4) is 0 Å². The molecule has 3 aromatic rings. The lowest BCUT2D eigenvalue weighted by atomic mass is 10.1. The first-order valence-electron chi connectivity index (χ1n) is 8.45. The normalized spacial score (nSPS) is 10.9. The molecule has 0 radical (unpaired) electrons. The summed E-state index contributed by atoms with van der Waals surface area (Å²) in [6, 6.07) is 12.9. The zero-order valence-corrected chi connectivity index (χ0v) is 15.8. The van der Waals surface area contributed by atoms with Crippen molar-refractivity contribution >= 4 is 40.2 Å². The quantitative estimate of drug-likeness (QED) is 0.613. The van der Waals surface area contributed by atoms with Gasteiger partial charge in [-0.3, -0.25) is 9.78 Å². The number of halogens is 1. The van der Waals surface area contributed by atoms with E-state index in [2.05, 4.69) is 10.3 Å². The number of pyridine rings is 1. The summed E-state index contributed by atoms with van der Waals surface area (Å²) in [5, 5.41) is 4.24. The van der Waals surface area contributed by atoms with Gasteiger partial charge in [-0.25, -0.2) is 0 Å². The predicted molar refractivity (Wildman–Crippen MR) is 109 cm³/mol. The number of methoxy groups -OCH3 is 1. The molecule has 6 heteroatoms. The van der Waals surface area contributed by atoms with E-state index in [1.807, 2.05) is 37.3 Å². The molecule has 1 N–H and O–H groups in total. The minimum Gasteiger partial charge on any atom is -0.493 e. The van der Waals surface area contributed by atoms with Crippen LogP contribution in [0.1, 0.15) is 12.5 Å². The molecule has 0 saturated heterocycles. The number of nitrogens with zero attached hydrogens (tertiary/aromatic N) is 1. The summed E-state index contributed by atoms with van der Waals surface area (Å²) < 4.78 is 10.8. The molecule has 0 saturated carbocycles. The SMILES string of the molecule is CCOc1c(Cl)cc(/C=C/C(=O)Nc2cccc3cccnc23)cc1OC. The number of hydrogen-bond acceptors (Lipinski definition) is 4. The monoisotopic (exact) mass is 382 g/mol. The molecule has 0 unspecified atom stereocenters. The number of para-hydroxylation sites is 1. The van der Waals surface area contributed by atoms with Crippen molar-refractivity contribution in [2.45, 2.75) is 6.92 Å². The molecular weight excluding hydrogens is 364 g/mol. The first kappa shape index (κ1) is 18.7. The second-order valence-corrected chi connectivity index (χ2v) is 6.08. The maximum absolute atomic E-state index is 12.3. The minimum atomic E-state index is -0.267. The molecule has 5 nitrogen and oxygen atoms in total. The van der Waals surface area contributed by atoms with E-state index < -0.39 is 0 Å². The van der Waals surface area contributed by atoms with E-state index in [0.717, 1.165) is 16.5 Å². The summed E-state index contributed by atoms with van der Waals surface area (Å²) in [6.45, 7) is 2.35. The summed E-state index contributed by atoms with van der Waals surface area (Å²) in [7, 11) is 1.54. The number of benzene rings is 2. The van der Waals surface area contributed by atoms with Gasteiger partial charge in [0.1, 0.15) is 0 Å². The molecule has 0 spiro atoms. The number of ether oxygens (including phenoxy) is 2. The van der Waals surface area contributed by atoms with Gasteiger partial charge in [0, 0.05) is 17.7 Å². The van der Waals surface area contributed by atoms with Gasteiger partial charge in [0.2, 0.25) is 5.91 Å². The fraction of sp³-hybridized carbons (Fsp3) is 0.143. The molecule has 0 atom stereocenters. The van der Waals surface area contributed by atoms with Crippen LogP contribution >= 0.6 is 11.6 Å². The molecule has 0 aliphatic heterocycles. The van der Waals surface area contributed by atoms with Gasteiger partial charge < -0.3 is 14.8 Å². The van der Waals surface area contributed by atoms with Crippen molar-refractivity contribution in [3.63, 3.8) is 0 Å². The molecule has 1 aromatic heterocycles. The summed E-state index contributed by atoms with van der Waals surface area (Å²) >= 11 is 6.25. The molecule has 0 fully saturated rings. The van der Waals surface area contributed by atoms with E-state index in [4.69, 9.17) is 21.1 Å². The topological polar surface area (TPSA) is 60.5 Å². The number of carbonyl (C=O) groups excluding carboxylic acids is 1. The Hall–Kier alpha value is -3.05. The average molecular weight is 383 g/mol. The van der Waals surface area contributed by atoms with Gasteiger partial charge in [0.25, 0.3) is 0 Å². The Bertz CT molecular complexity index is 997. The number of hydrogen-bond donors (Lipinski definition) is 1. The van der Waals surface area contributed by atoms with Crippen LogP contribution in [-0.4, -0.2) is 24.6 Å². The molecule has 0 aliphatic rings. The third-order valence-electron chi connectivity index (χ3n) is 3.86. The van der Waals surface area contributed by atoms with Crippen LogP contribution in [0.25, 0.3) is 17.0 Å². The van der Waals surface area contributed by atoms with E-state index >= 15 is 0 Å². The second kappa shape index (κ2) is 8.56. The van der Waals surface area contributed by atoms with Crippen molar-refractivity contribution in [3.8, 4) is 11.5 Å². The van der Waals surface area contributed by atoms with Gasteiger partial charge in [0.05, 0.1) is 29.9 Å². The van der Waals surface area contributed by atoms with Crippen LogP contribution < -0.4 is 14.8 Å². The van der Waals surface area contributed by atoms with E-state index in [9.17, 15) is 4.79 Å². The highest BCUT2D eigenvalue weighted by atomic mass is 35.5. The van der Waals surface area contributed by atoms with Crippen LogP contribution in [0.4, 0.5) is 5.69 Å². The second-order valence-electron chi connectivity index (χ2n) is 5.67. The first-order chi connectivity index (χ1) is 13.1. The van der Waals surface area contributed by atoms with Crippen molar-refractivity contribution < 1.29 is 14.3 Å². The maximum atomic E-state index is 12.3. The number of rotatable bonds is 6. The highest BCUT2D eigenvalue weighted by molar-refractivity contribution is 6.32. The summed E-state index contributed by atoms with van der Waals surface area (Å²) in [4.78, 5) is 16.7. The Labute approximate surface area is 162 Å². The third-order valence-corrected chi connectivity index (χ3v) is 4.14. The summed E-state index contributed by atoms with van der Waals surface area (Å²) in [6.07, 6.45) is 4.80. The smallest absolute Gasteiger partial charge is 0.248 e. The van der Waals surface area contributed by atoms with Crippen molar-refractivity contribution in [3.05, 3.63) is 65.3 Å². The third kappa shape index (κ3) is 4.38. The number of aromatic nitrogens is 1. The maximum Gasteiger partial charge on any atom is 0.248 e. The lowest BCUT2D eigenvalue weighted by Crippen LogP contribution is -2.08. The average Bonchev–Trinajstić information content (AvgIpc) is 2.68. The number of amides is 1. The Kier molecular flexibility index (Phi) is 5.94. The van der Waals surface area contributed by atoms with Crippen LogP contribution in [-0.2, 0) is 4.79 Å². The van der Waals surface area contributed by atoms with Gasteiger partial charge >= 0.3 is 0 Å².